The fraction of sp³-hybridized carbons (Fsp3) is 0. The van der Waals surface area contributed by atoms with E-state index in [9.17, 15) is 9.65 Å². The summed E-state index contributed by atoms with van der Waals surface area (Å²) in [6.45, 7) is 0. The van der Waals surface area contributed by atoms with Crippen molar-refractivity contribution in [3.63, 3.8) is 0 Å². The molecule has 2 aromatic carbocycles. The third-order valence-electron chi connectivity index (χ3n) is 4.21. The topological polar surface area (TPSA) is 52.5 Å². The van der Waals surface area contributed by atoms with Gasteiger partial charge in [0.1, 0.15) is 5.82 Å². The number of pyridine rings is 1. The van der Waals surface area contributed by atoms with Gasteiger partial charge in [-0.05, 0) is 54.6 Å². The molecule has 0 aliphatic rings. The van der Waals surface area contributed by atoms with Gasteiger partial charge in [-0.3, -0.25) is 4.98 Å². The van der Waals surface area contributed by atoms with Crippen LogP contribution in [0.15, 0.2) is 76.9 Å². The number of halogens is 2. The second kappa shape index (κ2) is 7.89. The molecule has 0 aliphatic heterocycles. The molecule has 0 aliphatic carbocycles. The van der Waals surface area contributed by atoms with Gasteiger partial charge in [0.2, 0.25) is 0 Å². The second-order valence-electron chi connectivity index (χ2n) is 6.03. The first-order chi connectivity index (χ1) is 13.6. The number of aromatic nitrogens is 2. The summed E-state index contributed by atoms with van der Waals surface area (Å²) >= 11 is 7.62. The molecule has 4 rings (SSSR count). The number of nitrogens with zero attached hydrogens (tertiary/aromatic N) is 2. The van der Waals surface area contributed by atoms with Crippen LogP contribution in [0.4, 0.5) is 4.39 Å². The minimum Gasteiger partial charge on any atom is -0.361 e. The molecule has 0 spiro atoms. The number of benzene rings is 2. The summed E-state index contributed by atoms with van der Waals surface area (Å²) in [5.41, 5.74) is 3.00. The van der Waals surface area contributed by atoms with E-state index in [2.05, 4.69) is 16.0 Å². The zero-order valence-electron chi connectivity index (χ0n) is 14.5. The Morgan fingerprint density at radius 2 is 2.00 bits per heavy atom. The molecule has 0 saturated heterocycles. The van der Waals surface area contributed by atoms with Gasteiger partial charge in [-0.1, -0.05) is 23.4 Å². The van der Waals surface area contributed by atoms with Crippen LogP contribution in [0.25, 0.3) is 22.6 Å². The highest BCUT2D eigenvalue weighted by Crippen LogP contribution is 2.33. The van der Waals surface area contributed by atoms with Crippen molar-refractivity contribution >= 4 is 45.9 Å². The Hall–Kier alpha value is -3.07. The van der Waals surface area contributed by atoms with E-state index < -0.39 is 0 Å². The predicted octanol–water partition coefficient (Wildman–Crippen LogP) is 6.57. The lowest BCUT2D eigenvalue weighted by atomic mass is 10.0. The predicted molar refractivity (Wildman–Crippen MR) is 112 cm³/mol. The molecular formula is C22H13ClFN3S. The number of rotatable bonds is 4. The van der Waals surface area contributed by atoms with Crippen LogP contribution in [0, 0.1) is 17.1 Å². The van der Waals surface area contributed by atoms with Crippen molar-refractivity contribution in [2.24, 2.45) is 0 Å². The molecular weight excluding hydrogens is 393 g/mol. The van der Waals surface area contributed by atoms with E-state index in [-0.39, 0.29) is 5.82 Å². The molecule has 0 unspecified atom stereocenters. The van der Waals surface area contributed by atoms with Crippen LogP contribution in [0.3, 0.4) is 0 Å². The zero-order chi connectivity index (χ0) is 19.5. The van der Waals surface area contributed by atoms with Gasteiger partial charge in [-0.15, -0.1) is 0 Å². The van der Waals surface area contributed by atoms with E-state index in [1.165, 1.54) is 23.9 Å². The summed E-state index contributed by atoms with van der Waals surface area (Å²) in [5.74, 6) is -0.274. The van der Waals surface area contributed by atoms with Gasteiger partial charge in [0.05, 0.1) is 11.6 Å². The van der Waals surface area contributed by atoms with Gasteiger partial charge in [-0.2, -0.15) is 5.26 Å². The van der Waals surface area contributed by atoms with E-state index in [1.54, 1.807) is 36.8 Å². The Kier molecular flexibility index (Phi) is 5.16. The maximum Gasteiger partial charge on any atom is 0.123 e. The van der Waals surface area contributed by atoms with Gasteiger partial charge in [0, 0.05) is 55.4 Å². The fourth-order valence-electron chi connectivity index (χ4n) is 2.87. The molecule has 0 amide bonds. The summed E-state index contributed by atoms with van der Waals surface area (Å²) in [7, 11) is 0. The number of allylic oxidation sites excluding steroid dienone is 1. The minimum absolute atomic E-state index is 0.274. The average molecular weight is 406 g/mol. The lowest BCUT2D eigenvalue weighted by Gasteiger charge is -2.06. The molecule has 0 bridgehead atoms. The number of H-pyrrole nitrogens is 1. The first kappa shape index (κ1) is 18.3. The van der Waals surface area contributed by atoms with Crippen molar-refractivity contribution in [1.29, 1.82) is 5.26 Å². The van der Waals surface area contributed by atoms with Crippen LogP contribution in [0.1, 0.15) is 11.1 Å². The molecule has 4 aromatic rings. The number of nitriles is 1. The Bertz CT molecular complexity index is 1220. The summed E-state index contributed by atoms with van der Waals surface area (Å²) in [6, 6.07) is 16.0. The summed E-state index contributed by atoms with van der Waals surface area (Å²) in [4.78, 5) is 9.18. The van der Waals surface area contributed by atoms with E-state index in [0.717, 1.165) is 31.8 Å². The van der Waals surface area contributed by atoms with Crippen LogP contribution in [-0.4, -0.2) is 9.97 Å². The Morgan fingerprint density at radius 3 is 2.79 bits per heavy atom. The quantitative estimate of drug-likeness (QED) is 0.390. The van der Waals surface area contributed by atoms with Gasteiger partial charge < -0.3 is 4.98 Å². The van der Waals surface area contributed by atoms with Gasteiger partial charge in [0.25, 0.3) is 0 Å². The molecule has 0 atom stereocenters. The number of fused-ring (bicyclic) bond motifs is 1. The highest BCUT2D eigenvalue weighted by atomic mass is 35.5. The number of hydrogen-bond donors (Lipinski definition) is 1. The number of hydrogen-bond acceptors (Lipinski definition) is 3. The Labute approximate surface area is 170 Å². The average Bonchev–Trinajstić information content (AvgIpc) is 3.12. The number of aromatic amines is 1. The highest BCUT2D eigenvalue weighted by molar-refractivity contribution is 7.99. The molecule has 28 heavy (non-hydrogen) atoms. The monoisotopic (exact) mass is 405 g/mol. The SMILES string of the molecule is N#CC(=Cc1cnccc1Sc1ccc(F)cc1)c1c[nH]c2ccc(Cl)cc12. The molecule has 6 heteroatoms. The van der Waals surface area contributed by atoms with E-state index in [0.29, 0.717) is 10.6 Å². The third kappa shape index (κ3) is 3.79. The summed E-state index contributed by atoms with van der Waals surface area (Å²) < 4.78 is 13.2. The maximum absolute atomic E-state index is 13.2. The van der Waals surface area contributed by atoms with Crippen molar-refractivity contribution < 1.29 is 4.39 Å². The fourth-order valence-corrected chi connectivity index (χ4v) is 3.92. The molecule has 0 radical (unpaired) electrons. The second-order valence-corrected chi connectivity index (χ2v) is 7.58. The van der Waals surface area contributed by atoms with Crippen LogP contribution in [0.2, 0.25) is 5.02 Å². The van der Waals surface area contributed by atoms with Crippen LogP contribution < -0.4 is 0 Å². The highest BCUT2D eigenvalue weighted by Gasteiger charge is 2.11. The van der Waals surface area contributed by atoms with Crippen molar-refractivity contribution in [2.45, 2.75) is 9.79 Å². The number of nitrogens with one attached hydrogen (secondary N) is 1. The zero-order valence-corrected chi connectivity index (χ0v) is 16.1. The third-order valence-corrected chi connectivity index (χ3v) is 5.54. The maximum atomic E-state index is 13.2. The Morgan fingerprint density at radius 1 is 1.18 bits per heavy atom. The van der Waals surface area contributed by atoms with Crippen LogP contribution in [0.5, 0.6) is 0 Å². The van der Waals surface area contributed by atoms with Crippen LogP contribution in [-0.2, 0) is 0 Å². The summed E-state index contributed by atoms with van der Waals surface area (Å²) in [5, 5.41) is 11.3. The van der Waals surface area contributed by atoms with Crippen LogP contribution >= 0.6 is 23.4 Å². The van der Waals surface area contributed by atoms with Crippen molar-refractivity contribution in [3.05, 3.63) is 89.1 Å². The van der Waals surface area contributed by atoms with Crippen molar-refractivity contribution in [3.8, 4) is 6.07 Å². The largest absolute Gasteiger partial charge is 0.361 e. The first-order valence-electron chi connectivity index (χ1n) is 8.40. The molecule has 3 nitrogen and oxygen atoms in total. The molecule has 2 aromatic heterocycles. The summed E-state index contributed by atoms with van der Waals surface area (Å²) in [6.07, 6.45) is 7.02. The molecule has 1 N–H and O–H groups in total. The lowest BCUT2D eigenvalue weighted by Crippen LogP contribution is -1.86. The van der Waals surface area contributed by atoms with E-state index >= 15 is 0 Å². The normalized spacial score (nSPS) is 11.5. The smallest absolute Gasteiger partial charge is 0.123 e. The standard InChI is InChI=1S/C22H13ClFN3S/c23-16-1-6-21-19(10-16)20(13-27-21)14(11-25)9-15-12-26-8-7-22(15)28-18-4-2-17(24)3-5-18/h1-10,12-13,27H. The van der Waals surface area contributed by atoms with Gasteiger partial charge >= 0.3 is 0 Å². The van der Waals surface area contributed by atoms with Gasteiger partial charge in [-0.25, -0.2) is 4.39 Å². The van der Waals surface area contributed by atoms with Gasteiger partial charge in [0.15, 0.2) is 0 Å². The molecule has 136 valence electrons. The van der Waals surface area contributed by atoms with E-state index in [4.69, 9.17) is 11.6 Å². The van der Waals surface area contributed by atoms with Crippen molar-refractivity contribution in [2.75, 3.05) is 0 Å². The minimum atomic E-state index is -0.274. The molecule has 0 saturated carbocycles. The molecule has 0 fully saturated rings. The van der Waals surface area contributed by atoms with Crippen molar-refractivity contribution in [1.82, 2.24) is 9.97 Å². The van der Waals surface area contributed by atoms with E-state index in [1.807, 2.05) is 24.3 Å². The molecule has 2 heterocycles. The Balaban J connectivity index is 1.75. The lowest BCUT2D eigenvalue weighted by molar-refractivity contribution is 0.626. The first-order valence-corrected chi connectivity index (χ1v) is 9.60.